The lowest BCUT2D eigenvalue weighted by Crippen LogP contribution is -2.15. The summed E-state index contributed by atoms with van der Waals surface area (Å²) in [6.07, 6.45) is 8.78. The summed E-state index contributed by atoms with van der Waals surface area (Å²) in [6, 6.07) is 5.59. The molecule has 1 atom stereocenters. The van der Waals surface area contributed by atoms with E-state index < -0.39 is 0 Å². The molecule has 0 bridgehead atoms. The van der Waals surface area contributed by atoms with E-state index in [-0.39, 0.29) is 5.56 Å². The Kier molecular flexibility index (Phi) is 3.21. The van der Waals surface area contributed by atoms with Gasteiger partial charge in [0.25, 0.3) is 5.56 Å². The maximum absolute atomic E-state index is 12.1. The Balaban J connectivity index is 1.40. The fourth-order valence-corrected chi connectivity index (χ4v) is 3.70. The molecule has 2 saturated carbocycles. The molecule has 2 aromatic rings. The molecular weight excluding hydrogens is 276 g/mol. The Morgan fingerprint density at radius 1 is 1.36 bits per heavy atom. The molecule has 4 rings (SSSR count). The van der Waals surface area contributed by atoms with Crippen LogP contribution < -0.4 is 10.3 Å². The van der Waals surface area contributed by atoms with Crippen LogP contribution in [0.5, 0.6) is 5.75 Å². The number of nitrogens with one attached hydrogen (secondary N) is 1. The van der Waals surface area contributed by atoms with Gasteiger partial charge in [-0.2, -0.15) is 0 Å². The first-order chi connectivity index (χ1) is 10.7. The maximum Gasteiger partial charge on any atom is 0.270 e. The Labute approximate surface area is 129 Å². The molecule has 4 nitrogen and oxygen atoms in total. The zero-order valence-electron chi connectivity index (χ0n) is 13.0. The summed E-state index contributed by atoms with van der Waals surface area (Å²) in [7, 11) is 1.62. The summed E-state index contributed by atoms with van der Waals surface area (Å²) in [6.45, 7) is 0. The first-order valence-electron chi connectivity index (χ1n) is 8.27. The molecule has 0 radical (unpaired) electrons. The molecule has 2 aliphatic carbocycles. The molecular formula is C18H22N2O2. The second-order valence-electron chi connectivity index (χ2n) is 6.90. The average molecular weight is 298 g/mol. The molecule has 0 saturated heterocycles. The highest BCUT2D eigenvalue weighted by Crippen LogP contribution is 2.71. The molecule has 22 heavy (non-hydrogen) atoms. The zero-order chi connectivity index (χ0) is 15.2. The highest BCUT2D eigenvalue weighted by molar-refractivity contribution is 5.75. The number of rotatable bonds is 6. The van der Waals surface area contributed by atoms with Crippen molar-refractivity contribution in [2.45, 2.75) is 44.9 Å². The van der Waals surface area contributed by atoms with Gasteiger partial charge < -0.3 is 9.72 Å². The van der Waals surface area contributed by atoms with Gasteiger partial charge >= 0.3 is 0 Å². The third-order valence-corrected chi connectivity index (χ3v) is 5.44. The van der Waals surface area contributed by atoms with Crippen molar-refractivity contribution in [3.8, 4) is 5.75 Å². The molecule has 2 fully saturated rings. The highest BCUT2D eigenvalue weighted by Gasteiger charge is 2.61. The number of hydrogen-bond acceptors (Lipinski definition) is 3. The zero-order valence-corrected chi connectivity index (χ0v) is 13.0. The van der Waals surface area contributed by atoms with Crippen LogP contribution in [0.25, 0.3) is 11.0 Å². The van der Waals surface area contributed by atoms with Crippen LogP contribution in [0, 0.1) is 11.3 Å². The van der Waals surface area contributed by atoms with Crippen LogP contribution in [0.4, 0.5) is 0 Å². The van der Waals surface area contributed by atoms with Crippen LogP contribution in [0.2, 0.25) is 0 Å². The number of aromatic nitrogens is 2. The molecule has 4 heteroatoms. The molecule has 1 unspecified atom stereocenters. The standard InChI is InChI=1S/C18H22N2O2/c1-22-13-6-7-14-16(10-13)20-17(21)15(19-14)5-3-2-4-12-11-18(12)8-9-18/h6-7,10,12H,2-5,8-9,11H2,1H3,(H,20,21). The van der Waals surface area contributed by atoms with E-state index in [9.17, 15) is 4.79 Å². The Hall–Kier alpha value is -1.84. The Morgan fingerprint density at radius 3 is 2.95 bits per heavy atom. The quantitative estimate of drug-likeness (QED) is 0.831. The van der Waals surface area contributed by atoms with E-state index in [0.717, 1.165) is 41.0 Å². The third-order valence-electron chi connectivity index (χ3n) is 5.44. The van der Waals surface area contributed by atoms with Crippen LogP contribution in [0.3, 0.4) is 0 Å². The minimum Gasteiger partial charge on any atom is -0.497 e. The SMILES string of the molecule is COc1ccc2nc(CCCCC3CC34CC4)c(=O)[nH]c2c1. The van der Waals surface area contributed by atoms with Crippen molar-refractivity contribution < 1.29 is 4.74 Å². The van der Waals surface area contributed by atoms with Crippen molar-refractivity contribution in [2.75, 3.05) is 7.11 Å². The third kappa shape index (κ3) is 2.51. The summed E-state index contributed by atoms with van der Waals surface area (Å²) in [5.41, 5.74) is 2.97. The second-order valence-corrected chi connectivity index (χ2v) is 6.90. The van der Waals surface area contributed by atoms with E-state index in [4.69, 9.17) is 4.74 Å². The lowest BCUT2D eigenvalue weighted by Gasteiger charge is -2.05. The number of H-pyrrole nitrogens is 1. The minimum atomic E-state index is -0.0640. The van der Waals surface area contributed by atoms with Crippen LogP contribution in [-0.2, 0) is 6.42 Å². The first kappa shape index (κ1) is 13.8. The van der Waals surface area contributed by atoms with E-state index in [1.807, 2.05) is 18.2 Å². The molecule has 0 aliphatic heterocycles. The molecule has 0 amide bonds. The van der Waals surface area contributed by atoms with Gasteiger partial charge in [-0.15, -0.1) is 0 Å². The fraction of sp³-hybridized carbons (Fsp3) is 0.556. The molecule has 2 aliphatic rings. The fourth-order valence-electron chi connectivity index (χ4n) is 3.70. The van der Waals surface area contributed by atoms with E-state index in [2.05, 4.69) is 9.97 Å². The van der Waals surface area contributed by atoms with Crippen molar-refractivity contribution in [1.82, 2.24) is 9.97 Å². The van der Waals surface area contributed by atoms with Gasteiger partial charge in [0.1, 0.15) is 11.4 Å². The van der Waals surface area contributed by atoms with E-state index in [0.29, 0.717) is 5.69 Å². The number of methoxy groups -OCH3 is 1. The van der Waals surface area contributed by atoms with E-state index in [1.54, 1.807) is 7.11 Å². The number of unbranched alkanes of at least 4 members (excludes halogenated alkanes) is 1. The molecule has 1 heterocycles. The Morgan fingerprint density at radius 2 is 2.23 bits per heavy atom. The number of aromatic amines is 1. The second kappa shape index (κ2) is 5.11. The van der Waals surface area contributed by atoms with Gasteiger partial charge in [-0.3, -0.25) is 4.79 Å². The van der Waals surface area contributed by atoms with Crippen LogP contribution in [0.1, 0.15) is 44.2 Å². The summed E-state index contributed by atoms with van der Waals surface area (Å²) >= 11 is 0. The summed E-state index contributed by atoms with van der Waals surface area (Å²) in [4.78, 5) is 19.6. The van der Waals surface area contributed by atoms with E-state index in [1.165, 1.54) is 32.1 Å². The van der Waals surface area contributed by atoms with E-state index >= 15 is 0 Å². The van der Waals surface area contributed by atoms with Crippen molar-refractivity contribution in [3.63, 3.8) is 0 Å². The van der Waals surface area contributed by atoms with Gasteiger partial charge in [0.2, 0.25) is 0 Å². The lowest BCUT2D eigenvalue weighted by molar-refractivity contribution is 0.415. The number of hydrogen-bond donors (Lipinski definition) is 1. The van der Waals surface area contributed by atoms with Gasteiger partial charge in [-0.25, -0.2) is 4.98 Å². The van der Waals surface area contributed by atoms with Gasteiger partial charge in [0.05, 0.1) is 18.1 Å². The van der Waals surface area contributed by atoms with Crippen LogP contribution in [0.15, 0.2) is 23.0 Å². The van der Waals surface area contributed by atoms with Crippen molar-refractivity contribution >= 4 is 11.0 Å². The largest absolute Gasteiger partial charge is 0.497 e. The number of aryl methyl sites for hydroxylation is 1. The van der Waals surface area contributed by atoms with Gasteiger partial charge in [-0.1, -0.05) is 6.42 Å². The number of ether oxygens (including phenoxy) is 1. The molecule has 1 aromatic carbocycles. The van der Waals surface area contributed by atoms with Crippen LogP contribution in [-0.4, -0.2) is 17.1 Å². The predicted octanol–water partition coefficient (Wildman–Crippen LogP) is 3.44. The number of benzene rings is 1. The normalized spacial score (nSPS) is 21.2. The summed E-state index contributed by atoms with van der Waals surface area (Å²) in [5.74, 6) is 1.72. The Bertz CT molecular complexity index is 761. The number of nitrogens with zero attached hydrogens (tertiary/aromatic N) is 1. The predicted molar refractivity (Wildman–Crippen MR) is 86.2 cm³/mol. The molecule has 1 N–H and O–H groups in total. The average Bonchev–Trinajstić information content (AvgIpc) is 3.44. The van der Waals surface area contributed by atoms with Crippen molar-refractivity contribution in [2.24, 2.45) is 11.3 Å². The maximum atomic E-state index is 12.1. The number of fused-ring (bicyclic) bond motifs is 1. The summed E-state index contributed by atoms with van der Waals surface area (Å²) in [5, 5.41) is 0. The van der Waals surface area contributed by atoms with Gasteiger partial charge in [0.15, 0.2) is 0 Å². The van der Waals surface area contributed by atoms with Crippen molar-refractivity contribution in [1.29, 1.82) is 0 Å². The lowest BCUT2D eigenvalue weighted by atomic mass is 10.1. The van der Waals surface area contributed by atoms with Crippen molar-refractivity contribution in [3.05, 3.63) is 34.2 Å². The van der Waals surface area contributed by atoms with Crippen LogP contribution >= 0.6 is 0 Å². The minimum absolute atomic E-state index is 0.0640. The molecule has 1 aromatic heterocycles. The summed E-state index contributed by atoms with van der Waals surface area (Å²) < 4.78 is 5.17. The highest BCUT2D eigenvalue weighted by atomic mass is 16.5. The smallest absolute Gasteiger partial charge is 0.270 e. The van der Waals surface area contributed by atoms with Gasteiger partial charge in [0, 0.05) is 6.07 Å². The molecule has 116 valence electrons. The van der Waals surface area contributed by atoms with Gasteiger partial charge in [-0.05, 0) is 62.0 Å². The monoisotopic (exact) mass is 298 g/mol. The topological polar surface area (TPSA) is 55.0 Å². The first-order valence-corrected chi connectivity index (χ1v) is 8.27. The molecule has 1 spiro atoms.